The molecule has 2 heteroatoms. The van der Waals surface area contributed by atoms with Crippen LogP contribution in [0, 0.1) is 5.92 Å². The average Bonchev–Trinajstić information content (AvgIpc) is 2.85. The van der Waals surface area contributed by atoms with Crippen molar-refractivity contribution in [3.63, 3.8) is 0 Å². The van der Waals surface area contributed by atoms with Crippen LogP contribution < -0.4 is 5.32 Å². The van der Waals surface area contributed by atoms with Crippen molar-refractivity contribution in [1.29, 1.82) is 0 Å². The number of benzene rings is 1. The van der Waals surface area contributed by atoms with Crippen LogP contribution in [0.5, 0.6) is 0 Å². The van der Waals surface area contributed by atoms with Crippen LogP contribution in [0.3, 0.4) is 0 Å². The largest absolute Gasteiger partial charge is 0.380 e. The van der Waals surface area contributed by atoms with Gasteiger partial charge in [0, 0.05) is 19.7 Å². The minimum Gasteiger partial charge on any atom is -0.380 e. The molecule has 1 aromatic rings. The molecule has 0 aromatic heterocycles. The Hall–Kier alpha value is -0.860. The van der Waals surface area contributed by atoms with Gasteiger partial charge in [-0.25, -0.2) is 0 Å². The lowest BCUT2D eigenvalue weighted by Gasteiger charge is -2.20. The van der Waals surface area contributed by atoms with Crippen molar-refractivity contribution in [2.45, 2.75) is 51.8 Å². The fraction of sp³-hybridized carbons (Fsp3) is 0.625. The van der Waals surface area contributed by atoms with Crippen LogP contribution in [-0.4, -0.2) is 13.2 Å². The van der Waals surface area contributed by atoms with Crippen LogP contribution >= 0.6 is 0 Å². The Bertz CT molecular complexity index is 364. The van der Waals surface area contributed by atoms with E-state index in [0.29, 0.717) is 12.6 Å². The molecule has 0 heterocycles. The zero-order valence-corrected chi connectivity index (χ0v) is 11.6. The number of ether oxygens (including phenoxy) is 1. The second-order valence-electron chi connectivity index (χ2n) is 5.29. The number of hydrogen-bond acceptors (Lipinski definition) is 2. The Morgan fingerprint density at radius 2 is 2.00 bits per heavy atom. The number of hydrogen-bond donors (Lipinski definition) is 1. The highest BCUT2D eigenvalue weighted by atomic mass is 16.5. The first-order chi connectivity index (χ1) is 8.85. The van der Waals surface area contributed by atoms with Gasteiger partial charge in [-0.1, -0.05) is 44.0 Å². The standard InChI is InChI=1S/C16H25NO/c1-3-13-9-6-10-16(13)17-11-14-7-4-5-8-15(14)12-18-2/h4-5,7-8,13,16-17H,3,6,9-12H2,1-2H3. The monoisotopic (exact) mass is 247 g/mol. The Morgan fingerprint density at radius 3 is 2.72 bits per heavy atom. The van der Waals surface area contributed by atoms with Crippen LogP contribution in [0.25, 0.3) is 0 Å². The Kier molecular flexibility index (Phi) is 5.21. The molecule has 2 nitrogen and oxygen atoms in total. The summed E-state index contributed by atoms with van der Waals surface area (Å²) in [7, 11) is 1.76. The summed E-state index contributed by atoms with van der Waals surface area (Å²) in [5.41, 5.74) is 2.68. The summed E-state index contributed by atoms with van der Waals surface area (Å²) >= 11 is 0. The zero-order chi connectivity index (χ0) is 12.8. The molecule has 2 atom stereocenters. The van der Waals surface area contributed by atoms with Crippen LogP contribution in [-0.2, 0) is 17.9 Å². The van der Waals surface area contributed by atoms with Gasteiger partial charge < -0.3 is 10.1 Å². The first-order valence-corrected chi connectivity index (χ1v) is 7.14. The molecule has 1 aliphatic rings. The van der Waals surface area contributed by atoms with Crippen LogP contribution in [0.4, 0.5) is 0 Å². The van der Waals surface area contributed by atoms with Crippen LogP contribution in [0.1, 0.15) is 43.7 Å². The van der Waals surface area contributed by atoms with E-state index in [0.717, 1.165) is 12.5 Å². The van der Waals surface area contributed by atoms with E-state index in [1.54, 1.807) is 7.11 Å². The topological polar surface area (TPSA) is 21.3 Å². The highest BCUT2D eigenvalue weighted by molar-refractivity contribution is 5.26. The van der Waals surface area contributed by atoms with Crippen molar-refractivity contribution in [1.82, 2.24) is 5.32 Å². The number of methoxy groups -OCH3 is 1. The second kappa shape index (κ2) is 6.91. The molecule has 2 rings (SSSR count). The lowest BCUT2D eigenvalue weighted by Crippen LogP contribution is -2.31. The van der Waals surface area contributed by atoms with Gasteiger partial charge in [0.15, 0.2) is 0 Å². The molecule has 0 amide bonds. The summed E-state index contributed by atoms with van der Waals surface area (Å²) in [5, 5.41) is 3.74. The Labute approximate surface area is 111 Å². The molecular formula is C16H25NO. The molecule has 1 aliphatic carbocycles. The first-order valence-electron chi connectivity index (χ1n) is 7.14. The maximum Gasteiger partial charge on any atom is 0.0716 e. The van der Waals surface area contributed by atoms with E-state index in [4.69, 9.17) is 4.74 Å². The van der Waals surface area contributed by atoms with E-state index < -0.39 is 0 Å². The Morgan fingerprint density at radius 1 is 1.22 bits per heavy atom. The second-order valence-corrected chi connectivity index (χ2v) is 5.29. The van der Waals surface area contributed by atoms with Gasteiger partial charge in [0.1, 0.15) is 0 Å². The van der Waals surface area contributed by atoms with Gasteiger partial charge in [-0.15, -0.1) is 0 Å². The normalized spacial score (nSPS) is 23.4. The van der Waals surface area contributed by atoms with Crippen molar-refractivity contribution in [3.05, 3.63) is 35.4 Å². The molecule has 1 fully saturated rings. The quantitative estimate of drug-likeness (QED) is 0.830. The minimum absolute atomic E-state index is 0.708. The van der Waals surface area contributed by atoms with Crippen molar-refractivity contribution in [3.8, 4) is 0 Å². The van der Waals surface area contributed by atoms with Crippen molar-refractivity contribution in [2.75, 3.05) is 7.11 Å². The molecule has 0 spiro atoms. The third-order valence-corrected chi connectivity index (χ3v) is 4.16. The molecule has 100 valence electrons. The van der Waals surface area contributed by atoms with Crippen LogP contribution in [0.15, 0.2) is 24.3 Å². The summed E-state index contributed by atoms with van der Waals surface area (Å²) in [6.45, 7) is 3.99. The number of rotatable bonds is 6. The number of nitrogens with one attached hydrogen (secondary N) is 1. The van der Waals surface area contributed by atoms with Gasteiger partial charge in [-0.3, -0.25) is 0 Å². The molecule has 0 saturated heterocycles. The van der Waals surface area contributed by atoms with E-state index in [-0.39, 0.29) is 0 Å². The van der Waals surface area contributed by atoms with Crippen molar-refractivity contribution in [2.24, 2.45) is 5.92 Å². The predicted molar refractivity (Wildman–Crippen MR) is 75.4 cm³/mol. The molecule has 18 heavy (non-hydrogen) atoms. The van der Waals surface area contributed by atoms with E-state index >= 15 is 0 Å². The van der Waals surface area contributed by atoms with E-state index in [9.17, 15) is 0 Å². The maximum atomic E-state index is 5.25. The fourth-order valence-corrected chi connectivity index (χ4v) is 3.06. The lowest BCUT2D eigenvalue weighted by molar-refractivity contribution is 0.184. The maximum absolute atomic E-state index is 5.25. The molecule has 0 bridgehead atoms. The van der Waals surface area contributed by atoms with Gasteiger partial charge in [0.05, 0.1) is 6.61 Å². The molecule has 1 aromatic carbocycles. The summed E-state index contributed by atoms with van der Waals surface area (Å²) in [4.78, 5) is 0. The summed E-state index contributed by atoms with van der Waals surface area (Å²) in [5.74, 6) is 0.875. The smallest absolute Gasteiger partial charge is 0.0716 e. The zero-order valence-electron chi connectivity index (χ0n) is 11.6. The van der Waals surface area contributed by atoms with Gasteiger partial charge in [-0.05, 0) is 29.9 Å². The van der Waals surface area contributed by atoms with E-state index in [1.165, 1.54) is 36.8 Å². The first kappa shape index (κ1) is 13.6. The van der Waals surface area contributed by atoms with Gasteiger partial charge >= 0.3 is 0 Å². The molecule has 1 N–H and O–H groups in total. The van der Waals surface area contributed by atoms with Gasteiger partial charge in [-0.2, -0.15) is 0 Å². The summed E-state index contributed by atoms with van der Waals surface area (Å²) < 4.78 is 5.25. The fourth-order valence-electron chi connectivity index (χ4n) is 3.06. The molecule has 0 radical (unpaired) electrons. The molecular weight excluding hydrogens is 222 g/mol. The molecule has 1 saturated carbocycles. The SMILES string of the molecule is CCC1CCCC1NCc1ccccc1COC. The van der Waals surface area contributed by atoms with E-state index in [2.05, 4.69) is 36.5 Å². The summed E-state index contributed by atoms with van der Waals surface area (Å²) in [6.07, 6.45) is 5.42. The third kappa shape index (κ3) is 3.33. The van der Waals surface area contributed by atoms with Crippen molar-refractivity contribution >= 4 is 0 Å². The van der Waals surface area contributed by atoms with Crippen molar-refractivity contribution < 1.29 is 4.74 Å². The highest BCUT2D eigenvalue weighted by Gasteiger charge is 2.24. The van der Waals surface area contributed by atoms with Crippen LogP contribution in [0.2, 0.25) is 0 Å². The lowest BCUT2D eigenvalue weighted by atomic mass is 10.00. The molecule has 2 unspecified atom stereocenters. The van der Waals surface area contributed by atoms with Gasteiger partial charge in [0.2, 0.25) is 0 Å². The summed E-state index contributed by atoms with van der Waals surface area (Å²) in [6, 6.07) is 9.28. The van der Waals surface area contributed by atoms with Gasteiger partial charge in [0.25, 0.3) is 0 Å². The predicted octanol–water partition coefficient (Wildman–Crippen LogP) is 3.50. The Balaban J connectivity index is 1.93. The minimum atomic E-state index is 0.708. The van der Waals surface area contributed by atoms with E-state index in [1.807, 2.05) is 0 Å². The molecule has 0 aliphatic heterocycles. The third-order valence-electron chi connectivity index (χ3n) is 4.16. The highest BCUT2D eigenvalue weighted by Crippen LogP contribution is 2.28. The average molecular weight is 247 g/mol.